The van der Waals surface area contributed by atoms with E-state index in [1.165, 1.54) is 0 Å². The number of aromatic nitrogens is 1. The number of aliphatic hydroxyl groups excluding tert-OH is 1. The maximum Gasteiger partial charge on any atom is 0.427 e. The van der Waals surface area contributed by atoms with Crippen LogP contribution in [0.5, 0.6) is 28.9 Å². The van der Waals surface area contributed by atoms with Gasteiger partial charge in [-0.2, -0.15) is 0 Å². The lowest BCUT2D eigenvalue weighted by Crippen LogP contribution is -2.24. The molecule has 10 heteroatoms. The number of rotatable bonds is 7. The van der Waals surface area contributed by atoms with E-state index in [0.29, 0.717) is 34.3 Å². The Morgan fingerprint density at radius 2 is 1.91 bits per heavy atom. The first-order valence-corrected chi connectivity index (χ1v) is 10.8. The van der Waals surface area contributed by atoms with E-state index in [1.807, 2.05) is 31.2 Å². The Labute approximate surface area is 201 Å². The number of carbonyl (C=O) groups excluding carboxylic acids is 1. The first kappa shape index (κ1) is 22.5. The average Bonchev–Trinajstić information content (AvgIpc) is 3.51. The van der Waals surface area contributed by atoms with E-state index in [4.69, 9.17) is 28.8 Å². The maximum absolute atomic E-state index is 11.9. The zero-order valence-corrected chi connectivity index (χ0v) is 19.0. The molecule has 5 rings (SSSR count). The van der Waals surface area contributed by atoms with Crippen LogP contribution < -0.4 is 29.7 Å². The SMILES string of the molecule is COc1ccc(-c2c(C=CCO)c(C)nc(Oc3ccc4c(c3)OCO4)c2C2NOC(=O)N2)cc1. The lowest BCUT2D eigenvalue weighted by molar-refractivity contribution is 0.121. The number of hydrogen-bond acceptors (Lipinski definition) is 9. The summed E-state index contributed by atoms with van der Waals surface area (Å²) in [4.78, 5) is 21.6. The van der Waals surface area contributed by atoms with Crippen molar-refractivity contribution in [2.45, 2.75) is 13.1 Å². The fraction of sp³-hybridized carbons (Fsp3) is 0.200. The van der Waals surface area contributed by atoms with Crippen LogP contribution in [-0.2, 0) is 4.84 Å². The number of aryl methyl sites for hydroxylation is 1. The lowest BCUT2D eigenvalue weighted by Gasteiger charge is -2.22. The third-order valence-electron chi connectivity index (χ3n) is 5.58. The number of pyridine rings is 1. The number of nitrogens with zero attached hydrogens (tertiary/aromatic N) is 1. The Balaban J connectivity index is 1.70. The molecule has 10 nitrogen and oxygen atoms in total. The zero-order valence-electron chi connectivity index (χ0n) is 19.0. The van der Waals surface area contributed by atoms with Crippen LogP contribution in [0, 0.1) is 6.92 Å². The van der Waals surface area contributed by atoms with Gasteiger partial charge in [0.15, 0.2) is 11.5 Å². The number of methoxy groups -OCH3 is 1. The highest BCUT2D eigenvalue weighted by molar-refractivity contribution is 5.82. The minimum atomic E-state index is -0.752. The van der Waals surface area contributed by atoms with Gasteiger partial charge in [0, 0.05) is 22.9 Å². The summed E-state index contributed by atoms with van der Waals surface area (Å²) in [5.41, 5.74) is 6.22. The summed E-state index contributed by atoms with van der Waals surface area (Å²) in [6, 6.07) is 12.7. The molecule has 1 unspecified atom stereocenters. The van der Waals surface area contributed by atoms with Gasteiger partial charge in [0.2, 0.25) is 12.7 Å². The van der Waals surface area contributed by atoms with Gasteiger partial charge in [-0.3, -0.25) is 5.32 Å². The van der Waals surface area contributed by atoms with E-state index < -0.39 is 12.3 Å². The topological polar surface area (TPSA) is 120 Å². The van der Waals surface area contributed by atoms with Gasteiger partial charge in [0.1, 0.15) is 17.7 Å². The molecular weight excluding hydrogens is 454 g/mol. The third-order valence-corrected chi connectivity index (χ3v) is 5.58. The van der Waals surface area contributed by atoms with Crippen LogP contribution in [0.4, 0.5) is 4.79 Å². The van der Waals surface area contributed by atoms with Crippen LogP contribution in [0.1, 0.15) is 23.0 Å². The molecule has 1 fully saturated rings. The molecule has 3 N–H and O–H groups in total. The van der Waals surface area contributed by atoms with Crippen LogP contribution in [0.15, 0.2) is 48.5 Å². The van der Waals surface area contributed by atoms with Gasteiger partial charge in [-0.05, 0) is 36.8 Å². The summed E-state index contributed by atoms with van der Waals surface area (Å²) in [7, 11) is 1.60. The average molecular weight is 477 g/mol. The van der Waals surface area contributed by atoms with Crippen molar-refractivity contribution in [1.29, 1.82) is 0 Å². The van der Waals surface area contributed by atoms with Crippen molar-refractivity contribution < 1.29 is 33.7 Å². The van der Waals surface area contributed by atoms with E-state index in [0.717, 1.165) is 16.7 Å². The van der Waals surface area contributed by atoms with Crippen LogP contribution >= 0.6 is 0 Å². The quantitative estimate of drug-likeness (QED) is 0.466. The minimum Gasteiger partial charge on any atom is -0.497 e. The molecule has 3 aromatic rings. The Bertz CT molecular complexity index is 1290. The molecule has 0 radical (unpaired) electrons. The van der Waals surface area contributed by atoms with Crippen molar-refractivity contribution in [3.63, 3.8) is 0 Å². The van der Waals surface area contributed by atoms with E-state index >= 15 is 0 Å². The predicted octanol–water partition coefficient (Wildman–Crippen LogP) is 3.84. The lowest BCUT2D eigenvalue weighted by atomic mass is 9.92. The number of nitrogens with one attached hydrogen (secondary N) is 2. The molecule has 0 aliphatic carbocycles. The molecule has 0 saturated carbocycles. The number of amides is 1. The molecule has 1 saturated heterocycles. The molecule has 35 heavy (non-hydrogen) atoms. The first-order chi connectivity index (χ1) is 17.1. The second-order valence-electron chi connectivity index (χ2n) is 7.72. The fourth-order valence-electron chi connectivity index (χ4n) is 3.97. The van der Waals surface area contributed by atoms with E-state index in [1.54, 1.807) is 37.5 Å². The normalized spacial score (nSPS) is 16.3. The van der Waals surface area contributed by atoms with Crippen molar-refractivity contribution in [2.75, 3.05) is 20.5 Å². The van der Waals surface area contributed by atoms with Crippen LogP contribution in [0.2, 0.25) is 0 Å². The van der Waals surface area contributed by atoms with Gasteiger partial charge < -0.3 is 28.9 Å². The summed E-state index contributed by atoms with van der Waals surface area (Å²) in [5, 5.41) is 12.2. The first-order valence-electron chi connectivity index (χ1n) is 10.8. The smallest absolute Gasteiger partial charge is 0.427 e. The standard InChI is InChI=1S/C25H23N3O7/c1-14-18(4-3-11-29)21(15-5-7-16(31-2)8-6-15)22(23-27-25(30)35-28-23)24(26-14)34-17-9-10-19-20(12-17)33-13-32-19/h3-10,12,23,28-29H,11,13H2,1-2H3,(H,27,30). The van der Waals surface area contributed by atoms with E-state index in [-0.39, 0.29) is 19.3 Å². The zero-order chi connectivity index (χ0) is 24.4. The van der Waals surface area contributed by atoms with Gasteiger partial charge in [-0.25, -0.2) is 9.78 Å². The summed E-state index contributed by atoms with van der Waals surface area (Å²) >= 11 is 0. The molecular formula is C25H23N3O7. The molecule has 1 aromatic heterocycles. The van der Waals surface area contributed by atoms with Gasteiger partial charge >= 0.3 is 6.09 Å². The molecule has 180 valence electrons. The monoisotopic (exact) mass is 477 g/mol. The number of carbonyl (C=O) groups is 1. The highest BCUT2D eigenvalue weighted by Crippen LogP contribution is 2.42. The Morgan fingerprint density at radius 1 is 1.14 bits per heavy atom. The molecule has 0 spiro atoms. The summed E-state index contributed by atoms with van der Waals surface area (Å²) in [6.45, 7) is 1.84. The Hall–Kier alpha value is -4.28. The number of hydrogen-bond donors (Lipinski definition) is 3. The van der Waals surface area contributed by atoms with Gasteiger partial charge in [-0.1, -0.05) is 24.3 Å². The van der Waals surface area contributed by atoms with Crippen molar-refractivity contribution in [3.05, 3.63) is 65.4 Å². The van der Waals surface area contributed by atoms with Crippen LogP contribution in [0.3, 0.4) is 0 Å². The summed E-state index contributed by atoms with van der Waals surface area (Å²) < 4.78 is 22.4. The number of aliphatic hydroxyl groups is 1. The van der Waals surface area contributed by atoms with Crippen LogP contribution in [-0.4, -0.2) is 36.7 Å². The number of hydroxylamine groups is 1. The van der Waals surface area contributed by atoms with Gasteiger partial charge in [0.05, 0.1) is 19.3 Å². The summed E-state index contributed by atoms with van der Waals surface area (Å²) in [5.74, 6) is 2.63. The van der Waals surface area contributed by atoms with E-state index in [2.05, 4.69) is 10.8 Å². The van der Waals surface area contributed by atoms with Crippen molar-refractivity contribution in [1.82, 2.24) is 15.8 Å². The summed E-state index contributed by atoms with van der Waals surface area (Å²) in [6.07, 6.45) is 2.03. The Morgan fingerprint density at radius 3 is 2.63 bits per heavy atom. The largest absolute Gasteiger partial charge is 0.497 e. The second kappa shape index (κ2) is 9.53. The molecule has 1 atom stereocenters. The predicted molar refractivity (Wildman–Crippen MR) is 125 cm³/mol. The van der Waals surface area contributed by atoms with Crippen molar-refractivity contribution in [2.24, 2.45) is 0 Å². The molecule has 0 bridgehead atoms. The van der Waals surface area contributed by atoms with Gasteiger partial charge in [0.25, 0.3) is 0 Å². The minimum absolute atomic E-state index is 0.143. The molecule has 3 heterocycles. The molecule has 2 aromatic carbocycles. The third kappa shape index (κ3) is 4.44. The second-order valence-corrected chi connectivity index (χ2v) is 7.72. The fourth-order valence-corrected chi connectivity index (χ4v) is 3.97. The molecule has 1 amide bonds. The number of fused-ring (bicyclic) bond motifs is 1. The molecule has 2 aliphatic heterocycles. The van der Waals surface area contributed by atoms with Gasteiger partial charge in [-0.15, -0.1) is 5.48 Å². The van der Waals surface area contributed by atoms with E-state index in [9.17, 15) is 9.90 Å². The Kier molecular flexibility index (Phi) is 6.13. The highest BCUT2D eigenvalue weighted by Gasteiger charge is 2.32. The molecule has 2 aliphatic rings. The number of ether oxygens (including phenoxy) is 4. The van der Waals surface area contributed by atoms with Crippen molar-refractivity contribution in [3.8, 4) is 40.0 Å². The number of benzene rings is 2. The maximum atomic E-state index is 11.9. The van der Waals surface area contributed by atoms with Crippen LogP contribution in [0.25, 0.3) is 17.2 Å². The highest BCUT2D eigenvalue weighted by atomic mass is 16.7. The van der Waals surface area contributed by atoms with Crippen molar-refractivity contribution >= 4 is 12.2 Å².